The molecule has 7 heteroatoms. The highest BCUT2D eigenvalue weighted by Crippen LogP contribution is 2.21. The number of piperidine rings is 1. The number of likely N-dealkylation sites (tertiary alicyclic amines) is 1. The van der Waals surface area contributed by atoms with Crippen molar-refractivity contribution < 1.29 is 9.53 Å². The molecule has 2 saturated heterocycles. The standard InChI is InChI=1S/C19H25N5O2/c1-14-12-24(10-11-26-14)17-6-8-23(9-7-17)19(25)16-4-2-15(3-5-16)18-20-13-21-22-18/h2-5,13-14,17H,6-12H2,1H3,(H,20,21,22). The number of hydrogen-bond donors (Lipinski definition) is 1. The van der Waals surface area contributed by atoms with E-state index in [1.54, 1.807) is 0 Å². The van der Waals surface area contributed by atoms with Crippen molar-refractivity contribution in [2.75, 3.05) is 32.8 Å². The summed E-state index contributed by atoms with van der Waals surface area (Å²) in [5, 5.41) is 6.69. The van der Waals surface area contributed by atoms with Crippen LogP contribution in [0.1, 0.15) is 30.1 Å². The fraction of sp³-hybridized carbons (Fsp3) is 0.526. The lowest BCUT2D eigenvalue weighted by Gasteiger charge is -2.41. The number of benzene rings is 1. The first-order chi connectivity index (χ1) is 12.7. The van der Waals surface area contributed by atoms with E-state index in [1.807, 2.05) is 29.2 Å². The summed E-state index contributed by atoms with van der Waals surface area (Å²) < 4.78 is 5.64. The fourth-order valence-electron chi connectivity index (χ4n) is 3.91. The van der Waals surface area contributed by atoms with Gasteiger partial charge in [-0.3, -0.25) is 14.8 Å². The second kappa shape index (κ2) is 7.55. The Hall–Kier alpha value is -2.25. The second-order valence-electron chi connectivity index (χ2n) is 7.11. The summed E-state index contributed by atoms with van der Waals surface area (Å²) in [6.45, 7) is 6.59. The molecule has 138 valence electrons. The molecular weight excluding hydrogens is 330 g/mol. The zero-order chi connectivity index (χ0) is 17.9. The molecule has 0 saturated carbocycles. The Morgan fingerprint density at radius 1 is 1.19 bits per heavy atom. The molecule has 3 heterocycles. The number of nitrogens with one attached hydrogen (secondary N) is 1. The van der Waals surface area contributed by atoms with E-state index in [-0.39, 0.29) is 5.91 Å². The molecule has 7 nitrogen and oxygen atoms in total. The van der Waals surface area contributed by atoms with Crippen LogP contribution in [-0.2, 0) is 4.74 Å². The van der Waals surface area contributed by atoms with E-state index in [1.165, 1.54) is 6.33 Å². The lowest BCUT2D eigenvalue weighted by atomic mass is 10.0. The molecule has 1 amide bonds. The van der Waals surface area contributed by atoms with E-state index in [0.717, 1.165) is 56.8 Å². The minimum Gasteiger partial charge on any atom is -0.376 e. The molecule has 4 rings (SSSR count). The van der Waals surface area contributed by atoms with Crippen LogP contribution in [0.4, 0.5) is 0 Å². The summed E-state index contributed by atoms with van der Waals surface area (Å²) >= 11 is 0. The Morgan fingerprint density at radius 3 is 2.62 bits per heavy atom. The van der Waals surface area contributed by atoms with Crippen molar-refractivity contribution in [3.8, 4) is 11.4 Å². The largest absolute Gasteiger partial charge is 0.376 e. The smallest absolute Gasteiger partial charge is 0.253 e. The average molecular weight is 355 g/mol. The van der Waals surface area contributed by atoms with Gasteiger partial charge in [-0.2, -0.15) is 5.10 Å². The van der Waals surface area contributed by atoms with Crippen molar-refractivity contribution in [1.82, 2.24) is 25.0 Å². The Labute approximate surface area is 153 Å². The van der Waals surface area contributed by atoms with Gasteiger partial charge >= 0.3 is 0 Å². The zero-order valence-electron chi connectivity index (χ0n) is 15.1. The van der Waals surface area contributed by atoms with E-state index in [0.29, 0.717) is 18.0 Å². The van der Waals surface area contributed by atoms with Gasteiger partial charge in [0.2, 0.25) is 0 Å². The van der Waals surface area contributed by atoms with Crippen LogP contribution in [0.5, 0.6) is 0 Å². The second-order valence-corrected chi connectivity index (χ2v) is 7.11. The number of rotatable bonds is 3. The number of H-pyrrole nitrogens is 1. The Balaban J connectivity index is 1.34. The van der Waals surface area contributed by atoms with Gasteiger partial charge in [0, 0.05) is 43.3 Å². The molecule has 2 aliphatic heterocycles. The summed E-state index contributed by atoms with van der Waals surface area (Å²) in [5.74, 6) is 0.826. The third-order valence-corrected chi connectivity index (χ3v) is 5.36. The molecule has 0 spiro atoms. The molecule has 2 aliphatic rings. The minimum absolute atomic E-state index is 0.114. The molecule has 2 fully saturated rings. The molecular formula is C19H25N5O2. The maximum Gasteiger partial charge on any atom is 0.253 e. The zero-order valence-corrected chi connectivity index (χ0v) is 15.1. The number of ether oxygens (including phenoxy) is 1. The molecule has 26 heavy (non-hydrogen) atoms. The predicted octanol–water partition coefficient (Wildman–Crippen LogP) is 1.80. The van der Waals surface area contributed by atoms with Crippen LogP contribution in [-0.4, -0.2) is 75.8 Å². The number of hydrogen-bond acceptors (Lipinski definition) is 5. The first kappa shape index (κ1) is 17.2. The van der Waals surface area contributed by atoms with Crippen LogP contribution < -0.4 is 0 Å². The average Bonchev–Trinajstić information content (AvgIpc) is 3.23. The van der Waals surface area contributed by atoms with E-state index in [2.05, 4.69) is 27.0 Å². The van der Waals surface area contributed by atoms with E-state index in [4.69, 9.17) is 4.74 Å². The van der Waals surface area contributed by atoms with Crippen LogP contribution in [0.25, 0.3) is 11.4 Å². The first-order valence-electron chi connectivity index (χ1n) is 9.31. The highest BCUT2D eigenvalue weighted by Gasteiger charge is 2.29. The van der Waals surface area contributed by atoms with Crippen molar-refractivity contribution in [1.29, 1.82) is 0 Å². The number of aromatic nitrogens is 3. The molecule has 1 aromatic carbocycles. The van der Waals surface area contributed by atoms with Gasteiger partial charge in [-0.15, -0.1) is 0 Å². The van der Waals surface area contributed by atoms with Crippen LogP contribution in [0.3, 0.4) is 0 Å². The molecule has 1 N–H and O–H groups in total. The summed E-state index contributed by atoms with van der Waals surface area (Å²) in [5.41, 5.74) is 1.66. The lowest BCUT2D eigenvalue weighted by molar-refractivity contribution is -0.0423. The summed E-state index contributed by atoms with van der Waals surface area (Å²) in [7, 11) is 0. The molecule has 1 atom stereocenters. The van der Waals surface area contributed by atoms with Gasteiger partial charge in [-0.1, -0.05) is 12.1 Å². The number of morpholine rings is 1. The van der Waals surface area contributed by atoms with Crippen LogP contribution in [0.2, 0.25) is 0 Å². The highest BCUT2D eigenvalue weighted by atomic mass is 16.5. The predicted molar refractivity (Wildman–Crippen MR) is 97.7 cm³/mol. The van der Waals surface area contributed by atoms with Gasteiger partial charge < -0.3 is 9.64 Å². The van der Waals surface area contributed by atoms with Gasteiger partial charge in [-0.25, -0.2) is 4.98 Å². The number of carbonyl (C=O) groups excluding carboxylic acids is 1. The molecule has 0 aliphatic carbocycles. The van der Waals surface area contributed by atoms with Crippen molar-refractivity contribution in [2.45, 2.75) is 31.9 Å². The lowest BCUT2D eigenvalue weighted by Crippen LogP contribution is -2.51. The Kier molecular flexibility index (Phi) is 4.99. The summed E-state index contributed by atoms with van der Waals surface area (Å²) in [4.78, 5) is 21.4. The van der Waals surface area contributed by atoms with Crippen molar-refractivity contribution in [3.05, 3.63) is 36.2 Å². The normalized spacial score (nSPS) is 22.5. The Bertz CT molecular complexity index is 723. The van der Waals surface area contributed by atoms with E-state index in [9.17, 15) is 4.79 Å². The van der Waals surface area contributed by atoms with Crippen molar-refractivity contribution in [2.24, 2.45) is 0 Å². The van der Waals surface area contributed by atoms with Gasteiger partial charge in [0.1, 0.15) is 6.33 Å². The first-order valence-corrected chi connectivity index (χ1v) is 9.31. The van der Waals surface area contributed by atoms with E-state index >= 15 is 0 Å². The number of carbonyl (C=O) groups is 1. The maximum absolute atomic E-state index is 12.8. The fourth-order valence-corrected chi connectivity index (χ4v) is 3.91. The van der Waals surface area contributed by atoms with Crippen molar-refractivity contribution >= 4 is 5.91 Å². The van der Waals surface area contributed by atoms with Gasteiger partial charge in [0.15, 0.2) is 5.82 Å². The monoisotopic (exact) mass is 355 g/mol. The maximum atomic E-state index is 12.8. The van der Waals surface area contributed by atoms with Gasteiger partial charge in [0.05, 0.1) is 12.7 Å². The van der Waals surface area contributed by atoms with E-state index < -0.39 is 0 Å². The highest BCUT2D eigenvalue weighted by molar-refractivity contribution is 5.94. The van der Waals surface area contributed by atoms with Crippen LogP contribution >= 0.6 is 0 Å². The Morgan fingerprint density at radius 2 is 1.96 bits per heavy atom. The number of aromatic amines is 1. The van der Waals surface area contributed by atoms with Crippen molar-refractivity contribution in [3.63, 3.8) is 0 Å². The molecule has 1 aromatic heterocycles. The molecule has 1 unspecified atom stereocenters. The number of amides is 1. The third-order valence-electron chi connectivity index (χ3n) is 5.36. The molecule has 2 aromatic rings. The molecule has 0 radical (unpaired) electrons. The van der Waals surface area contributed by atoms with Gasteiger partial charge in [-0.05, 0) is 31.9 Å². The topological polar surface area (TPSA) is 74.4 Å². The summed E-state index contributed by atoms with van der Waals surface area (Å²) in [6.07, 6.45) is 3.86. The van der Waals surface area contributed by atoms with Gasteiger partial charge in [0.25, 0.3) is 5.91 Å². The van der Waals surface area contributed by atoms with Crippen LogP contribution in [0, 0.1) is 0 Å². The summed E-state index contributed by atoms with van der Waals surface area (Å²) in [6, 6.07) is 8.14. The third kappa shape index (κ3) is 3.64. The SMILES string of the molecule is CC1CN(C2CCN(C(=O)c3ccc(-c4ncn[nH]4)cc3)CC2)CCO1. The molecule has 0 bridgehead atoms. The quantitative estimate of drug-likeness (QED) is 0.909. The minimum atomic E-state index is 0.114. The van der Waals surface area contributed by atoms with Crippen LogP contribution in [0.15, 0.2) is 30.6 Å². The number of nitrogens with zero attached hydrogens (tertiary/aromatic N) is 4.